The number of nitrogens with one attached hydrogen (secondary N) is 1. The minimum Gasteiger partial charge on any atom is -0.465 e. The van der Waals surface area contributed by atoms with E-state index in [0.717, 1.165) is 24.9 Å². The highest BCUT2D eigenvalue weighted by Gasteiger charge is 2.55. The van der Waals surface area contributed by atoms with Gasteiger partial charge in [-0.05, 0) is 31.9 Å². The standard InChI is InChI=1S/C17H24N2O4S/c1-3-23-17(20)16-14(12-8-5-4-6-9-12)15(18-24(2,21)22)13-10-7-11-19(13)16/h4-6,8-9,13-16,18H,3,7,10-11H2,1-2H3/t13-,14-,15+,16+/m1/s1. The summed E-state index contributed by atoms with van der Waals surface area (Å²) in [7, 11) is -3.38. The first-order chi connectivity index (χ1) is 11.4. The van der Waals surface area contributed by atoms with Gasteiger partial charge in [0.05, 0.1) is 12.9 Å². The lowest BCUT2D eigenvalue weighted by atomic mass is 9.86. The molecule has 0 amide bonds. The van der Waals surface area contributed by atoms with Crippen molar-refractivity contribution in [3.63, 3.8) is 0 Å². The minimum atomic E-state index is -3.38. The van der Waals surface area contributed by atoms with Crippen LogP contribution in [0.15, 0.2) is 30.3 Å². The van der Waals surface area contributed by atoms with E-state index in [9.17, 15) is 13.2 Å². The fourth-order valence-corrected chi connectivity index (χ4v) is 4.96. The Morgan fingerprint density at radius 2 is 2.04 bits per heavy atom. The normalized spacial score (nSPS) is 30.2. The zero-order valence-corrected chi connectivity index (χ0v) is 14.8. The zero-order valence-electron chi connectivity index (χ0n) is 14.0. The third-order valence-corrected chi connectivity index (χ3v) is 5.60. The van der Waals surface area contributed by atoms with Gasteiger partial charge >= 0.3 is 5.97 Å². The molecule has 1 aromatic carbocycles. The molecule has 2 aliphatic rings. The van der Waals surface area contributed by atoms with Crippen molar-refractivity contribution in [1.29, 1.82) is 0 Å². The third kappa shape index (κ3) is 3.34. The molecule has 4 atom stereocenters. The van der Waals surface area contributed by atoms with Gasteiger partial charge in [0.2, 0.25) is 10.0 Å². The first-order valence-electron chi connectivity index (χ1n) is 8.37. The number of fused-ring (bicyclic) bond motifs is 1. The van der Waals surface area contributed by atoms with Crippen LogP contribution in [0, 0.1) is 0 Å². The summed E-state index contributed by atoms with van der Waals surface area (Å²) in [6.07, 6.45) is 3.02. The number of hydrogen-bond donors (Lipinski definition) is 1. The fraction of sp³-hybridized carbons (Fsp3) is 0.588. The number of hydrogen-bond acceptors (Lipinski definition) is 5. The van der Waals surface area contributed by atoms with Crippen molar-refractivity contribution in [2.24, 2.45) is 0 Å². The summed E-state index contributed by atoms with van der Waals surface area (Å²) >= 11 is 0. The smallest absolute Gasteiger partial charge is 0.324 e. The van der Waals surface area contributed by atoms with E-state index in [1.165, 1.54) is 6.26 Å². The van der Waals surface area contributed by atoms with Crippen LogP contribution in [0.25, 0.3) is 0 Å². The SMILES string of the molecule is CCOC(=O)[C@@H]1[C@H](c2ccccc2)[C@@H](NS(C)(=O)=O)[C@H]2CCCN21. The number of carbonyl (C=O) groups is 1. The summed E-state index contributed by atoms with van der Waals surface area (Å²) < 4.78 is 31.9. The molecule has 0 saturated carbocycles. The summed E-state index contributed by atoms with van der Waals surface area (Å²) in [5, 5.41) is 0. The van der Waals surface area contributed by atoms with Gasteiger partial charge in [0.15, 0.2) is 0 Å². The maximum atomic E-state index is 12.6. The summed E-state index contributed by atoms with van der Waals surface area (Å²) in [6, 6.07) is 8.92. The number of esters is 1. The van der Waals surface area contributed by atoms with Crippen LogP contribution in [0.2, 0.25) is 0 Å². The van der Waals surface area contributed by atoms with Crippen LogP contribution in [0.3, 0.4) is 0 Å². The van der Waals surface area contributed by atoms with Crippen LogP contribution in [0.4, 0.5) is 0 Å². The van der Waals surface area contributed by atoms with Crippen LogP contribution in [0.1, 0.15) is 31.2 Å². The van der Waals surface area contributed by atoms with Gasteiger partial charge < -0.3 is 4.74 Å². The monoisotopic (exact) mass is 352 g/mol. The molecular formula is C17H24N2O4S. The van der Waals surface area contributed by atoms with Crippen molar-refractivity contribution in [3.8, 4) is 0 Å². The first-order valence-corrected chi connectivity index (χ1v) is 10.3. The molecule has 2 heterocycles. The zero-order chi connectivity index (χ0) is 17.3. The molecule has 132 valence electrons. The van der Waals surface area contributed by atoms with E-state index in [1.54, 1.807) is 6.92 Å². The maximum absolute atomic E-state index is 12.6. The van der Waals surface area contributed by atoms with E-state index in [0.29, 0.717) is 6.61 Å². The van der Waals surface area contributed by atoms with Gasteiger partial charge in [-0.15, -0.1) is 0 Å². The van der Waals surface area contributed by atoms with E-state index in [2.05, 4.69) is 9.62 Å². The van der Waals surface area contributed by atoms with Gasteiger partial charge in [-0.1, -0.05) is 30.3 Å². The Morgan fingerprint density at radius 3 is 2.67 bits per heavy atom. The summed E-state index contributed by atoms with van der Waals surface area (Å²) in [6.45, 7) is 2.90. The van der Waals surface area contributed by atoms with Crippen molar-refractivity contribution < 1.29 is 17.9 Å². The molecule has 0 aromatic heterocycles. The molecule has 0 radical (unpaired) electrons. The van der Waals surface area contributed by atoms with E-state index >= 15 is 0 Å². The molecule has 0 unspecified atom stereocenters. The van der Waals surface area contributed by atoms with Crippen molar-refractivity contribution in [2.75, 3.05) is 19.4 Å². The highest BCUT2D eigenvalue weighted by atomic mass is 32.2. The largest absolute Gasteiger partial charge is 0.465 e. The Kier molecular flexibility index (Phi) is 4.94. The second kappa shape index (κ2) is 6.82. The Balaban J connectivity index is 2.03. The topological polar surface area (TPSA) is 75.7 Å². The van der Waals surface area contributed by atoms with Crippen molar-refractivity contribution in [2.45, 2.75) is 43.8 Å². The molecule has 2 aliphatic heterocycles. The second-order valence-electron chi connectivity index (χ2n) is 6.50. The van der Waals surface area contributed by atoms with Crippen LogP contribution < -0.4 is 4.72 Å². The second-order valence-corrected chi connectivity index (χ2v) is 8.28. The molecule has 1 N–H and O–H groups in total. The highest BCUT2D eigenvalue weighted by Crippen LogP contribution is 2.43. The van der Waals surface area contributed by atoms with Gasteiger partial charge in [-0.25, -0.2) is 13.1 Å². The number of nitrogens with zero attached hydrogens (tertiary/aromatic N) is 1. The number of carbonyl (C=O) groups excluding carboxylic acids is 1. The lowest BCUT2D eigenvalue weighted by molar-refractivity contribution is -0.149. The average Bonchev–Trinajstić information content (AvgIpc) is 3.09. The first kappa shape index (κ1) is 17.4. The molecule has 3 rings (SSSR count). The van der Waals surface area contributed by atoms with Crippen LogP contribution >= 0.6 is 0 Å². The van der Waals surface area contributed by atoms with Gasteiger partial charge in [0, 0.05) is 18.0 Å². The molecule has 2 saturated heterocycles. The lowest BCUT2D eigenvalue weighted by Crippen LogP contribution is -2.44. The number of sulfonamides is 1. The average molecular weight is 352 g/mol. The summed E-state index contributed by atoms with van der Waals surface area (Å²) in [5.41, 5.74) is 0.964. The molecule has 1 aromatic rings. The fourth-order valence-electron chi connectivity index (χ4n) is 4.16. The van der Waals surface area contributed by atoms with Gasteiger partial charge in [0.25, 0.3) is 0 Å². The number of rotatable bonds is 5. The predicted octanol–water partition coefficient (Wildman–Crippen LogP) is 1.10. The summed E-state index contributed by atoms with van der Waals surface area (Å²) in [4.78, 5) is 14.8. The van der Waals surface area contributed by atoms with E-state index in [-0.39, 0.29) is 24.0 Å². The molecular weight excluding hydrogens is 328 g/mol. The van der Waals surface area contributed by atoms with Crippen LogP contribution in [-0.4, -0.2) is 56.8 Å². The van der Waals surface area contributed by atoms with Crippen LogP contribution in [-0.2, 0) is 19.6 Å². The van der Waals surface area contributed by atoms with Crippen molar-refractivity contribution in [1.82, 2.24) is 9.62 Å². The quantitative estimate of drug-likeness (QED) is 0.803. The van der Waals surface area contributed by atoms with E-state index < -0.39 is 16.1 Å². The molecule has 0 bridgehead atoms. The lowest BCUT2D eigenvalue weighted by Gasteiger charge is -2.26. The molecule has 7 heteroatoms. The number of ether oxygens (including phenoxy) is 1. The molecule has 0 spiro atoms. The molecule has 0 aliphatic carbocycles. The minimum absolute atomic E-state index is 0.0272. The van der Waals surface area contributed by atoms with Crippen molar-refractivity contribution >= 4 is 16.0 Å². The summed E-state index contributed by atoms with van der Waals surface area (Å²) in [5.74, 6) is -0.513. The number of benzene rings is 1. The van der Waals surface area contributed by atoms with Gasteiger partial charge in [-0.3, -0.25) is 9.69 Å². The molecule has 2 fully saturated rings. The molecule has 6 nitrogen and oxygen atoms in total. The Morgan fingerprint density at radius 1 is 1.33 bits per heavy atom. The van der Waals surface area contributed by atoms with Crippen molar-refractivity contribution in [3.05, 3.63) is 35.9 Å². The van der Waals surface area contributed by atoms with Gasteiger partial charge in [-0.2, -0.15) is 0 Å². The Labute approximate surface area is 143 Å². The Hall–Kier alpha value is -1.44. The highest BCUT2D eigenvalue weighted by molar-refractivity contribution is 7.88. The molecule has 24 heavy (non-hydrogen) atoms. The van der Waals surface area contributed by atoms with Gasteiger partial charge in [0.1, 0.15) is 6.04 Å². The Bertz CT molecular complexity index is 692. The maximum Gasteiger partial charge on any atom is 0.324 e. The van der Waals surface area contributed by atoms with E-state index in [4.69, 9.17) is 4.74 Å². The predicted molar refractivity (Wildman–Crippen MR) is 91.1 cm³/mol. The van der Waals surface area contributed by atoms with Crippen LogP contribution in [0.5, 0.6) is 0 Å². The van der Waals surface area contributed by atoms with E-state index in [1.807, 2.05) is 30.3 Å². The third-order valence-electron chi connectivity index (χ3n) is 4.90.